The highest BCUT2D eigenvalue weighted by molar-refractivity contribution is 5.94. The van der Waals surface area contributed by atoms with Gasteiger partial charge in [-0.3, -0.25) is 29.5 Å². The van der Waals surface area contributed by atoms with Gasteiger partial charge < -0.3 is 4.90 Å². The summed E-state index contributed by atoms with van der Waals surface area (Å²) in [6.45, 7) is 7.51. The van der Waals surface area contributed by atoms with E-state index in [1.54, 1.807) is 24.7 Å². The molecule has 3 heterocycles. The molecule has 0 unspecified atom stereocenters. The Kier molecular flexibility index (Phi) is 6.27. The lowest BCUT2D eigenvalue weighted by atomic mass is 10.1. The summed E-state index contributed by atoms with van der Waals surface area (Å²) in [6, 6.07) is 11.4. The van der Waals surface area contributed by atoms with Crippen LogP contribution in [0, 0.1) is 24.0 Å². The van der Waals surface area contributed by atoms with Crippen molar-refractivity contribution >= 4 is 11.6 Å². The van der Waals surface area contributed by atoms with Crippen molar-refractivity contribution in [2.24, 2.45) is 0 Å². The van der Waals surface area contributed by atoms with Gasteiger partial charge in [-0.15, -0.1) is 0 Å². The predicted octanol–water partition coefficient (Wildman–Crippen LogP) is 2.81. The zero-order chi connectivity index (χ0) is 22.7. The fourth-order valence-corrected chi connectivity index (χ4v) is 4.12. The van der Waals surface area contributed by atoms with Crippen molar-refractivity contribution in [1.29, 1.82) is 0 Å². The van der Waals surface area contributed by atoms with Crippen LogP contribution in [0.4, 0.5) is 5.69 Å². The van der Waals surface area contributed by atoms with E-state index in [2.05, 4.69) is 21.0 Å². The topological polar surface area (TPSA) is 97.4 Å². The van der Waals surface area contributed by atoms with Crippen LogP contribution in [-0.4, -0.2) is 61.6 Å². The van der Waals surface area contributed by atoms with Crippen LogP contribution in [-0.2, 0) is 13.1 Å². The number of nitro groups is 1. The van der Waals surface area contributed by atoms with Crippen LogP contribution in [0.2, 0.25) is 0 Å². The molecule has 0 atom stereocenters. The van der Waals surface area contributed by atoms with Gasteiger partial charge in [0.2, 0.25) is 0 Å². The number of rotatable bonds is 6. The van der Waals surface area contributed by atoms with Gasteiger partial charge in [-0.25, -0.2) is 0 Å². The van der Waals surface area contributed by atoms with Gasteiger partial charge in [0.05, 0.1) is 11.5 Å². The first-order chi connectivity index (χ1) is 15.4. The smallest absolute Gasteiger partial charge is 0.312 e. The number of hydrogen-bond acceptors (Lipinski definition) is 6. The molecule has 1 aliphatic heterocycles. The van der Waals surface area contributed by atoms with E-state index >= 15 is 0 Å². The van der Waals surface area contributed by atoms with Crippen LogP contribution >= 0.6 is 0 Å². The second-order valence-electron chi connectivity index (χ2n) is 8.06. The number of amides is 1. The number of hydrogen-bond donors (Lipinski definition) is 0. The van der Waals surface area contributed by atoms with Gasteiger partial charge >= 0.3 is 5.69 Å². The van der Waals surface area contributed by atoms with Crippen LogP contribution in [0.5, 0.6) is 0 Å². The number of aryl methyl sites for hydroxylation is 1. The lowest BCUT2D eigenvalue weighted by Gasteiger charge is -2.34. The van der Waals surface area contributed by atoms with Gasteiger partial charge in [0, 0.05) is 50.7 Å². The molecule has 0 spiro atoms. The molecule has 1 amide bonds. The number of carbonyl (C=O) groups is 1. The van der Waals surface area contributed by atoms with Crippen molar-refractivity contribution in [1.82, 2.24) is 24.6 Å². The lowest BCUT2D eigenvalue weighted by Crippen LogP contribution is -2.48. The largest absolute Gasteiger partial charge is 0.336 e. The zero-order valence-electron chi connectivity index (χ0n) is 18.3. The summed E-state index contributed by atoms with van der Waals surface area (Å²) in [5.74, 6) is 0.00669. The van der Waals surface area contributed by atoms with E-state index in [4.69, 9.17) is 0 Å². The van der Waals surface area contributed by atoms with E-state index < -0.39 is 4.92 Å². The minimum Gasteiger partial charge on any atom is -0.336 e. The normalized spacial score (nSPS) is 14.5. The van der Waals surface area contributed by atoms with Gasteiger partial charge in [0.25, 0.3) is 5.91 Å². The van der Waals surface area contributed by atoms with Gasteiger partial charge in [-0.1, -0.05) is 18.2 Å². The summed E-state index contributed by atoms with van der Waals surface area (Å²) < 4.78 is 1.62. The van der Waals surface area contributed by atoms with Crippen molar-refractivity contribution in [3.05, 3.63) is 87.0 Å². The third kappa shape index (κ3) is 4.67. The Morgan fingerprint density at radius 3 is 2.47 bits per heavy atom. The summed E-state index contributed by atoms with van der Waals surface area (Å²) in [5, 5.41) is 15.6. The molecule has 0 bridgehead atoms. The maximum Gasteiger partial charge on any atom is 0.312 e. The Balaban J connectivity index is 1.40. The molecule has 0 aliphatic carbocycles. The molecule has 4 rings (SSSR count). The van der Waals surface area contributed by atoms with Crippen LogP contribution < -0.4 is 0 Å². The quantitative estimate of drug-likeness (QED) is 0.437. The fourth-order valence-electron chi connectivity index (χ4n) is 4.12. The maximum absolute atomic E-state index is 13.1. The number of nitrogens with zero attached hydrogens (tertiary/aromatic N) is 6. The van der Waals surface area contributed by atoms with Gasteiger partial charge in [0.15, 0.2) is 0 Å². The first kappa shape index (κ1) is 21.6. The van der Waals surface area contributed by atoms with Gasteiger partial charge in [-0.2, -0.15) is 5.10 Å². The average molecular weight is 435 g/mol. The summed E-state index contributed by atoms with van der Waals surface area (Å²) >= 11 is 0. The molecule has 1 aromatic carbocycles. The molecule has 2 aromatic heterocycles. The van der Waals surface area contributed by atoms with Crippen LogP contribution in [0.25, 0.3) is 0 Å². The standard InChI is InChI=1S/C23H26N6O3/c1-17-22(29(31)32)18(2)28(25-17)16-19-5-3-7-21(13-19)23(30)27-11-9-26(10-12-27)15-20-6-4-8-24-14-20/h3-8,13-14H,9-12,15-16H2,1-2H3. The molecule has 9 heteroatoms. The Morgan fingerprint density at radius 1 is 1.06 bits per heavy atom. The van der Waals surface area contributed by atoms with E-state index in [1.165, 1.54) is 5.56 Å². The molecule has 1 saturated heterocycles. The monoisotopic (exact) mass is 434 g/mol. The molecule has 32 heavy (non-hydrogen) atoms. The number of benzene rings is 1. The SMILES string of the molecule is Cc1nn(Cc2cccc(C(=O)N3CCN(Cc4cccnc4)CC3)c2)c(C)c1[N+](=O)[O-]. The second kappa shape index (κ2) is 9.27. The van der Waals surface area contributed by atoms with Gasteiger partial charge in [0.1, 0.15) is 11.4 Å². The summed E-state index contributed by atoms with van der Waals surface area (Å²) in [4.78, 5) is 32.3. The minimum absolute atomic E-state index is 0.00669. The Morgan fingerprint density at radius 2 is 1.81 bits per heavy atom. The number of aromatic nitrogens is 3. The molecule has 3 aromatic rings. The molecule has 0 radical (unpaired) electrons. The average Bonchev–Trinajstić information content (AvgIpc) is 3.07. The molecule has 9 nitrogen and oxygen atoms in total. The third-order valence-electron chi connectivity index (χ3n) is 5.82. The van der Waals surface area contributed by atoms with Crippen molar-refractivity contribution in [3.63, 3.8) is 0 Å². The highest BCUT2D eigenvalue weighted by atomic mass is 16.6. The summed E-state index contributed by atoms with van der Waals surface area (Å²) in [7, 11) is 0. The van der Waals surface area contributed by atoms with E-state index in [-0.39, 0.29) is 11.6 Å². The van der Waals surface area contributed by atoms with Crippen LogP contribution in [0.1, 0.15) is 32.9 Å². The van der Waals surface area contributed by atoms with Crippen molar-refractivity contribution in [2.45, 2.75) is 26.9 Å². The first-order valence-corrected chi connectivity index (χ1v) is 10.6. The highest BCUT2D eigenvalue weighted by Gasteiger charge is 2.24. The molecular weight excluding hydrogens is 408 g/mol. The minimum atomic E-state index is -0.401. The number of carbonyl (C=O) groups excluding carboxylic acids is 1. The second-order valence-corrected chi connectivity index (χ2v) is 8.06. The van der Waals surface area contributed by atoms with E-state index in [0.717, 1.165) is 25.2 Å². The first-order valence-electron chi connectivity index (χ1n) is 10.6. The number of piperazine rings is 1. The van der Waals surface area contributed by atoms with Gasteiger partial charge in [-0.05, 0) is 43.2 Å². The molecule has 1 fully saturated rings. The lowest BCUT2D eigenvalue weighted by molar-refractivity contribution is -0.386. The molecule has 1 aliphatic rings. The van der Waals surface area contributed by atoms with Crippen molar-refractivity contribution in [3.8, 4) is 0 Å². The molecular formula is C23H26N6O3. The molecule has 0 N–H and O–H groups in total. The summed E-state index contributed by atoms with van der Waals surface area (Å²) in [5.41, 5.74) is 3.62. The van der Waals surface area contributed by atoms with E-state index in [0.29, 0.717) is 36.6 Å². The zero-order valence-corrected chi connectivity index (χ0v) is 18.3. The highest BCUT2D eigenvalue weighted by Crippen LogP contribution is 2.23. The molecule has 0 saturated carbocycles. The third-order valence-corrected chi connectivity index (χ3v) is 5.82. The van der Waals surface area contributed by atoms with E-state index in [1.807, 2.05) is 41.4 Å². The van der Waals surface area contributed by atoms with E-state index in [9.17, 15) is 14.9 Å². The van der Waals surface area contributed by atoms with Crippen LogP contribution in [0.15, 0.2) is 48.8 Å². The summed E-state index contributed by atoms with van der Waals surface area (Å²) in [6.07, 6.45) is 3.64. The van der Waals surface area contributed by atoms with Crippen LogP contribution in [0.3, 0.4) is 0 Å². The molecule has 166 valence electrons. The Bertz CT molecular complexity index is 1120. The maximum atomic E-state index is 13.1. The number of pyridine rings is 1. The van der Waals surface area contributed by atoms with Crippen molar-refractivity contribution in [2.75, 3.05) is 26.2 Å². The predicted molar refractivity (Wildman–Crippen MR) is 119 cm³/mol. The fraction of sp³-hybridized carbons (Fsp3) is 0.348. The Hall–Kier alpha value is -3.59. The Labute approximate surface area is 186 Å². The van der Waals surface area contributed by atoms with Crippen molar-refractivity contribution < 1.29 is 9.72 Å².